The van der Waals surface area contributed by atoms with Gasteiger partial charge in [-0.2, -0.15) is 5.26 Å². The fraction of sp³-hybridized carbons (Fsp3) is 0.480. The van der Waals surface area contributed by atoms with Gasteiger partial charge in [-0.15, -0.1) is 6.58 Å². The Morgan fingerprint density at radius 1 is 1.27 bits per heavy atom. The molecule has 1 heterocycles. The maximum Gasteiger partial charge on any atom is 0.342 e. The molecule has 0 saturated carbocycles. The van der Waals surface area contributed by atoms with E-state index < -0.39 is 5.97 Å². The van der Waals surface area contributed by atoms with Crippen LogP contribution in [-0.4, -0.2) is 43.9 Å². The van der Waals surface area contributed by atoms with Crippen LogP contribution in [0, 0.1) is 11.3 Å². The van der Waals surface area contributed by atoms with Crippen molar-refractivity contribution in [2.75, 3.05) is 26.9 Å². The number of unbranched alkanes of at least 4 members (excludes halogenated alkanes) is 3. The first-order chi connectivity index (χ1) is 16.0. The van der Waals surface area contributed by atoms with E-state index in [1.54, 1.807) is 6.07 Å². The summed E-state index contributed by atoms with van der Waals surface area (Å²) in [5.41, 5.74) is 1.59. The lowest BCUT2D eigenvalue weighted by Gasteiger charge is -2.08. The number of aliphatic hydroxyl groups is 1. The molecule has 0 aliphatic carbocycles. The molecule has 8 heteroatoms. The van der Waals surface area contributed by atoms with Crippen LogP contribution in [0.4, 0.5) is 0 Å². The maximum absolute atomic E-state index is 13.0. The maximum atomic E-state index is 13.0. The number of nitriles is 1. The monoisotopic (exact) mass is 456 g/mol. The SMILES string of the molecule is C=CCCCCOC(=O)c1c(CCCC#N)oc2c(OC)cc(CCC(=O)NCCO)cc12. The first-order valence-corrected chi connectivity index (χ1v) is 11.2. The van der Waals surface area contributed by atoms with Gasteiger partial charge in [0.1, 0.15) is 11.3 Å². The molecule has 0 fully saturated rings. The molecular formula is C25H32N2O6. The molecule has 0 atom stereocenters. The number of allylic oxidation sites excluding steroid dienone is 1. The third kappa shape index (κ3) is 7.65. The van der Waals surface area contributed by atoms with E-state index in [0.29, 0.717) is 60.3 Å². The van der Waals surface area contributed by atoms with Gasteiger partial charge in [-0.3, -0.25) is 4.79 Å². The number of fused-ring (bicyclic) bond motifs is 1. The number of esters is 1. The summed E-state index contributed by atoms with van der Waals surface area (Å²) < 4.78 is 17.0. The second kappa shape index (κ2) is 14.0. The predicted molar refractivity (Wildman–Crippen MR) is 124 cm³/mol. The van der Waals surface area contributed by atoms with Gasteiger partial charge in [-0.1, -0.05) is 6.08 Å². The molecule has 0 aliphatic heterocycles. The fourth-order valence-electron chi connectivity index (χ4n) is 3.47. The first kappa shape index (κ1) is 25.9. The van der Waals surface area contributed by atoms with Crippen molar-refractivity contribution in [1.29, 1.82) is 5.26 Å². The van der Waals surface area contributed by atoms with E-state index >= 15 is 0 Å². The molecule has 2 N–H and O–H groups in total. The molecule has 2 aromatic rings. The van der Waals surface area contributed by atoms with Crippen LogP contribution in [0.15, 0.2) is 29.2 Å². The summed E-state index contributed by atoms with van der Waals surface area (Å²) in [5.74, 6) is 0.281. The van der Waals surface area contributed by atoms with Crippen molar-refractivity contribution in [3.63, 3.8) is 0 Å². The molecule has 1 aromatic carbocycles. The molecule has 0 aliphatic rings. The molecule has 0 bridgehead atoms. The number of nitrogens with one attached hydrogen (secondary N) is 1. The smallest absolute Gasteiger partial charge is 0.342 e. The number of amides is 1. The Kier molecular flexibility index (Phi) is 11.0. The van der Waals surface area contributed by atoms with Gasteiger partial charge in [0, 0.05) is 31.2 Å². The number of hydrogen-bond donors (Lipinski definition) is 2. The summed E-state index contributed by atoms with van der Waals surface area (Å²) in [5, 5.41) is 20.9. The van der Waals surface area contributed by atoms with Crippen LogP contribution in [0.5, 0.6) is 5.75 Å². The molecule has 8 nitrogen and oxygen atoms in total. The highest BCUT2D eigenvalue weighted by Gasteiger charge is 2.25. The lowest BCUT2D eigenvalue weighted by Crippen LogP contribution is -2.26. The van der Waals surface area contributed by atoms with Crippen LogP contribution in [-0.2, 0) is 22.4 Å². The van der Waals surface area contributed by atoms with Crippen molar-refractivity contribution < 1.29 is 28.6 Å². The summed E-state index contributed by atoms with van der Waals surface area (Å²) in [6.45, 7) is 4.07. The molecule has 178 valence electrons. The summed E-state index contributed by atoms with van der Waals surface area (Å²) in [6.07, 6.45) is 6.27. The minimum Gasteiger partial charge on any atom is -0.493 e. The molecule has 0 radical (unpaired) electrons. The van der Waals surface area contributed by atoms with Crippen LogP contribution in [0.1, 0.15) is 60.2 Å². The third-order valence-corrected chi connectivity index (χ3v) is 5.11. The minimum atomic E-state index is -0.473. The largest absolute Gasteiger partial charge is 0.493 e. The van der Waals surface area contributed by atoms with Gasteiger partial charge in [0.05, 0.1) is 26.4 Å². The van der Waals surface area contributed by atoms with E-state index in [4.69, 9.17) is 24.3 Å². The van der Waals surface area contributed by atoms with Crippen molar-refractivity contribution in [3.05, 3.63) is 41.7 Å². The van der Waals surface area contributed by atoms with Crippen LogP contribution in [0.25, 0.3) is 11.0 Å². The second-order valence-corrected chi connectivity index (χ2v) is 7.58. The number of ether oxygens (including phenoxy) is 2. The molecule has 0 spiro atoms. The molecule has 1 amide bonds. The van der Waals surface area contributed by atoms with Gasteiger partial charge < -0.3 is 24.3 Å². The Morgan fingerprint density at radius 3 is 2.79 bits per heavy atom. The van der Waals surface area contributed by atoms with E-state index in [0.717, 1.165) is 24.8 Å². The van der Waals surface area contributed by atoms with Crippen molar-refractivity contribution in [2.24, 2.45) is 0 Å². The van der Waals surface area contributed by atoms with Crippen LogP contribution in [0.2, 0.25) is 0 Å². The molecule has 2 rings (SSSR count). The lowest BCUT2D eigenvalue weighted by molar-refractivity contribution is -0.121. The number of furan rings is 1. The number of rotatable bonds is 15. The Labute approximate surface area is 194 Å². The topological polar surface area (TPSA) is 122 Å². The average Bonchev–Trinajstić information content (AvgIpc) is 3.19. The number of methoxy groups -OCH3 is 1. The second-order valence-electron chi connectivity index (χ2n) is 7.58. The number of benzene rings is 1. The van der Waals surface area contributed by atoms with E-state index in [2.05, 4.69) is 18.0 Å². The van der Waals surface area contributed by atoms with E-state index in [1.165, 1.54) is 7.11 Å². The standard InChI is InChI=1S/C25H32N2O6/c1-3-4-5-8-15-32-25(30)23-19-16-18(10-11-22(29)27-13-14-28)17-21(31-2)24(19)33-20(23)9-6-7-12-26/h3,16-17,28H,1,4-11,13-15H2,2H3,(H,27,29). The van der Waals surface area contributed by atoms with Crippen LogP contribution in [0.3, 0.4) is 0 Å². The van der Waals surface area contributed by atoms with Crippen molar-refractivity contribution in [2.45, 2.75) is 51.4 Å². The lowest BCUT2D eigenvalue weighted by atomic mass is 10.0. The average molecular weight is 457 g/mol. The third-order valence-electron chi connectivity index (χ3n) is 5.11. The van der Waals surface area contributed by atoms with Crippen LogP contribution < -0.4 is 10.1 Å². The zero-order valence-corrected chi connectivity index (χ0v) is 19.2. The van der Waals surface area contributed by atoms with E-state index in [1.807, 2.05) is 12.1 Å². The van der Waals surface area contributed by atoms with E-state index in [-0.39, 0.29) is 25.5 Å². The Balaban J connectivity index is 2.33. The predicted octanol–water partition coefficient (Wildman–Crippen LogP) is 3.84. The summed E-state index contributed by atoms with van der Waals surface area (Å²) in [4.78, 5) is 24.9. The Hall–Kier alpha value is -3.31. The first-order valence-electron chi connectivity index (χ1n) is 11.2. The number of aliphatic hydroxyl groups excluding tert-OH is 1. The highest BCUT2D eigenvalue weighted by atomic mass is 16.5. The molecule has 0 unspecified atom stereocenters. The minimum absolute atomic E-state index is 0.117. The van der Waals surface area contributed by atoms with Gasteiger partial charge in [0.15, 0.2) is 11.3 Å². The molecular weight excluding hydrogens is 424 g/mol. The number of hydrogen-bond acceptors (Lipinski definition) is 7. The Bertz CT molecular complexity index is 989. The van der Waals surface area contributed by atoms with Crippen LogP contribution >= 0.6 is 0 Å². The van der Waals surface area contributed by atoms with E-state index in [9.17, 15) is 9.59 Å². The summed E-state index contributed by atoms with van der Waals surface area (Å²) in [7, 11) is 1.52. The highest BCUT2D eigenvalue weighted by molar-refractivity contribution is 6.06. The number of carbonyl (C=O) groups is 2. The van der Waals surface area contributed by atoms with Crippen molar-refractivity contribution in [1.82, 2.24) is 5.32 Å². The summed E-state index contributed by atoms with van der Waals surface area (Å²) >= 11 is 0. The molecule has 1 aromatic heterocycles. The van der Waals surface area contributed by atoms with Gasteiger partial charge in [0.25, 0.3) is 0 Å². The summed E-state index contributed by atoms with van der Waals surface area (Å²) in [6, 6.07) is 5.71. The zero-order chi connectivity index (χ0) is 24.1. The van der Waals surface area contributed by atoms with Gasteiger partial charge in [-0.25, -0.2) is 4.79 Å². The number of nitrogens with zero attached hydrogens (tertiary/aromatic N) is 1. The fourth-order valence-corrected chi connectivity index (χ4v) is 3.47. The van der Waals surface area contributed by atoms with Gasteiger partial charge in [-0.05, 0) is 49.8 Å². The van der Waals surface area contributed by atoms with Crippen molar-refractivity contribution in [3.8, 4) is 11.8 Å². The Morgan fingerprint density at radius 2 is 2.09 bits per heavy atom. The zero-order valence-electron chi connectivity index (χ0n) is 19.2. The quantitative estimate of drug-likeness (QED) is 0.237. The van der Waals surface area contributed by atoms with Gasteiger partial charge in [0.2, 0.25) is 5.91 Å². The molecule has 33 heavy (non-hydrogen) atoms. The van der Waals surface area contributed by atoms with Gasteiger partial charge >= 0.3 is 5.97 Å². The normalized spacial score (nSPS) is 10.6. The number of carbonyl (C=O) groups excluding carboxylic acids is 2. The van der Waals surface area contributed by atoms with Crippen molar-refractivity contribution >= 4 is 22.8 Å². The molecule has 0 saturated heterocycles. The highest BCUT2D eigenvalue weighted by Crippen LogP contribution is 2.36. The number of aryl methyl sites for hydroxylation is 2.